The molecule has 3 aromatic heterocycles. The van der Waals surface area contributed by atoms with Gasteiger partial charge in [0.25, 0.3) is 21.6 Å². The number of H-pyrrole nitrogens is 1. The van der Waals surface area contributed by atoms with Crippen molar-refractivity contribution in [2.24, 2.45) is 5.41 Å². The van der Waals surface area contributed by atoms with Crippen LogP contribution in [-0.4, -0.2) is 97.6 Å². The SMILES string of the molecule is CC1(C)CCC(CN2CCN(c3ccc(C(=O)NS(=O)(=O)c4cc5c(c([N+](=O)[O-])c4)NC(Cc4ccccn4)CO5)c(N4CCCOc5nc6[nH]ccc6cc54)c3)CC2)=C(c2ccc(Cl)cc2)C1. The van der Waals surface area contributed by atoms with Crippen molar-refractivity contribution in [1.82, 2.24) is 24.6 Å². The lowest BCUT2D eigenvalue weighted by atomic mass is 9.72. The Hall–Kier alpha value is -6.69. The quantitative estimate of drug-likeness (QED) is 0.0827. The number of allylic oxidation sites excluding steroid dienone is 1. The summed E-state index contributed by atoms with van der Waals surface area (Å²) in [5.74, 6) is -0.541. The van der Waals surface area contributed by atoms with E-state index in [1.165, 1.54) is 22.8 Å². The zero-order valence-corrected chi connectivity index (χ0v) is 39.4. The number of fused-ring (bicyclic) bond motifs is 3. The number of hydrogen-bond acceptors (Lipinski definition) is 13. The molecule has 1 amide bonds. The highest BCUT2D eigenvalue weighted by Crippen LogP contribution is 2.45. The van der Waals surface area contributed by atoms with Gasteiger partial charge in [-0.3, -0.25) is 24.8 Å². The molecule has 6 heterocycles. The molecular formula is C50H52ClN9O7S. The first kappa shape index (κ1) is 45.1. The lowest BCUT2D eigenvalue weighted by Crippen LogP contribution is -2.47. The number of hydrogen-bond donors (Lipinski definition) is 3. The number of nitrogens with zero attached hydrogens (tertiary/aromatic N) is 6. The number of benzene rings is 3. The molecule has 6 aromatic rings. The second kappa shape index (κ2) is 18.4. The standard InChI is InChI=1S/C50H52ClN9O7S/c1-50(2)15-13-34(41(29-50)32-7-9-35(51)10-8-32)30-57-19-21-58(22-20-57)38-11-12-40(42(26-38)59-18-5-23-66-49-44(59)24-33-14-17-53-47(33)55-49)48(61)56-68(64,65)39-27-43(60(62)63)46-45(28-39)67-31-37(54-46)25-36-6-3-4-16-52-36/h3-4,6-12,14,16-17,24,26-28,37,54H,5,13,15,18-23,25,29-31H2,1-2H3,(H,53,55)(H,56,61). The van der Waals surface area contributed by atoms with E-state index >= 15 is 0 Å². The third-order valence-electron chi connectivity index (χ3n) is 13.3. The minimum atomic E-state index is -4.68. The summed E-state index contributed by atoms with van der Waals surface area (Å²) in [5.41, 5.74) is 7.34. The number of anilines is 4. The van der Waals surface area contributed by atoms with E-state index in [0.29, 0.717) is 48.9 Å². The Balaban J connectivity index is 0.933. The van der Waals surface area contributed by atoms with Gasteiger partial charge in [0.1, 0.15) is 17.9 Å². The van der Waals surface area contributed by atoms with Crippen LogP contribution in [0.3, 0.4) is 0 Å². The van der Waals surface area contributed by atoms with Crippen molar-refractivity contribution in [3.05, 3.63) is 135 Å². The summed E-state index contributed by atoms with van der Waals surface area (Å²) in [6.07, 6.45) is 7.66. The molecule has 4 aliphatic rings. The molecular weight excluding hydrogens is 906 g/mol. The number of rotatable bonds is 11. The van der Waals surface area contributed by atoms with Crippen LogP contribution >= 0.6 is 11.6 Å². The number of aromatic amines is 1. The Bertz CT molecular complexity index is 3050. The minimum absolute atomic E-state index is 0.0133. The van der Waals surface area contributed by atoms with Gasteiger partial charge in [-0.1, -0.05) is 49.2 Å². The van der Waals surface area contributed by atoms with E-state index in [2.05, 4.69) is 55.8 Å². The molecule has 352 valence electrons. The average Bonchev–Trinajstić information content (AvgIpc) is 3.69. The topological polar surface area (TPSA) is 188 Å². The highest BCUT2D eigenvalue weighted by atomic mass is 35.5. The number of aromatic nitrogens is 3. The van der Waals surface area contributed by atoms with E-state index < -0.39 is 31.4 Å². The number of nitrogens with one attached hydrogen (secondary N) is 3. The molecule has 16 nitrogen and oxygen atoms in total. The summed E-state index contributed by atoms with van der Waals surface area (Å²) < 4.78 is 42.6. The molecule has 68 heavy (non-hydrogen) atoms. The fourth-order valence-corrected chi connectivity index (χ4v) is 10.9. The highest BCUT2D eigenvalue weighted by molar-refractivity contribution is 7.90. The van der Waals surface area contributed by atoms with Crippen molar-refractivity contribution in [2.45, 2.75) is 56.9 Å². The third-order valence-corrected chi connectivity index (χ3v) is 14.9. The number of nitro benzene ring substituents is 1. The van der Waals surface area contributed by atoms with Crippen LogP contribution in [0.25, 0.3) is 16.6 Å². The van der Waals surface area contributed by atoms with Crippen LogP contribution in [0.1, 0.15) is 61.1 Å². The number of sulfonamides is 1. The molecule has 1 atom stereocenters. The molecule has 1 unspecified atom stereocenters. The molecule has 10 rings (SSSR count). The predicted octanol–water partition coefficient (Wildman–Crippen LogP) is 8.76. The molecule has 3 N–H and O–H groups in total. The van der Waals surface area contributed by atoms with Gasteiger partial charge in [-0.25, -0.2) is 13.1 Å². The van der Waals surface area contributed by atoms with Crippen molar-refractivity contribution in [3.63, 3.8) is 0 Å². The Morgan fingerprint density at radius 1 is 0.985 bits per heavy atom. The van der Waals surface area contributed by atoms with Crippen molar-refractivity contribution in [1.29, 1.82) is 0 Å². The zero-order valence-electron chi connectivity index (χ0n) is 37.8. The number of amides is 1. The lowest BCUT2D eigenvalue weighted by Gasteiger charge is -2.39. The van der Waals surface area contributed by atoms with Crippen molar-refractivity contribution < 1.29 is 27.6 Å². The van der Waals surface area contributed by atoms with Gasteiger partial charge in [-0.2, -0.15) is 4.98 Å². The Labute approximate surface area is 399 Å². The zero-order chi connectivity index (χ0) is 47.2. The van der Waals surface area contributed by atoms with E-state index in [9.17, 15) is 23.3 Å². The first-order valence-electron chi connectivity index (χ1n) is 22.9. The monoisotopic (exact) mass is 957 g/mol. The van der Waals surface area contributed by atoms with Crippen LogP contribution in [0.5, 0.6) is 11.6 Å². The van der Waals surface area contributed by atoms with Gasteiger partial charge in [0, 0.05) is 92.0 Å². The molecule has 3 aromatic carbocycles. The number of halogens is 1. The number of carbonyl (C=O) groups excluding carboxylic acids is 1. The maximum absolute atomic E-state index is 14.5. The smallest absolute Gasteiger partial charge is 0.297 e. The number of carbonyl (C=O) groups is 1. The van der Waals surface area contributed by atoms with Crippen molar-refractivity contribution in [2.75, 3.05) is 67.6 Å². The molecule has 0 radical (unpaired) electrons. The second-order valence-corrected chi connectivity index (χ2v) is 20.8. The molecule has 1 fully saturated rings. The van der Waals surface area contributed by atoms with Crippen LogP contribution in [0, 0.1) is 15.5 Å². The summed E-state index contributed by atoms with van der Waals surface area (Å²) in [4.78, 5) is 44.8. The minimum Gasteiger partial charge on any atom is -0.489 e. The Morgan fingerprint density at radius 3 is 2.59 bits per heavy atom. The van der Waals surface area contributed by atoms with Crippen molar-refractivity contribution >= 4 is 72.6 Å². The van der Waals surface area contributed by atoms with Crippen LogP contribution in [0.15, 0.2) is 108 Å². The van der Waals surface area contributed by atoms with Gasteiger partial charge in [0.05, 0.1) is 33.7 Å². The molecule has 0 spiro atoms. The number of pyridine rings is 2. The van der Waals surface area contributed by atoms with Crippen LogP contribution in [-0.2, 0) is 16.4 Å². The van der Waals surface area contributed by atoms with Gasteiger partial charge in [-0.15, -0.1) is 0 Å². The fourth-order valence-electron chi connectivity index (χ4n) is 9.73. The largest absolute Gasteiger partial charge is 0.489 e. The summed E-state index contributed by atoms with van der Waals surface area (Å²) in [6, 6.07) is 24.7. The first-order chi connectivity index (χ1) is 32.8. The average molecular weight is 959 g/mol. The maximum atomic E-state index is 14.5. The molecule has 1 aliphatic carbocycles. The van der Waals surface area contributed by atoms with Crippen molar-refractivity contribution in [3.8, 4) is 11.6 Å². The molecule has 3 aliphatic heterocycles. The number of ether oxygens (including phenoxy) is 2. The summed E-state index contributed by atoms with van der Waals surface area (Å²) in [5, 5.41) is 17.1. The lowest BCUT2D eigenvalue weighted by molar-refractivity contribution is -0.384. The summed E-state index contributed by atoms with van der Waals surface area (Å²) >= 11 is 6.28. The highest BCUT2D eigenvalue weighted by Gasteiger charge is 2.34. The van der Waals surface area contributed by atoms with Gasteiger partial charge in [0.15, 0.2) is 11.4 Å². The molecule has 0 bridgehead atoms. The first-order valence-corrected chi connectivity index (χ1v) is 24.8. The predicted molar refractivity (Wildman–Crippen MR) is 263 cm³/mol. The van der Waals surface area contributed by atoms with Crippen LogP contribution in [0.2, 0.25) is 5.02 Å². The second-order valence-electron chi connectivity index (χ2n) is 18.7. The van der Waals surface area contributed by atoms with Gasteiger partial charge >= 0.3 is 0 Å². The molecule has 18 heteroatoms. The van der Waals surface area contributed by atoms with E-state index in [0.717, 1.165) is 79.8 Å². The van der Waals surface area contributed by atoms with Crippen LogP contribution < -0.4 is 29.3 Å². The summed E-state index contributed by atoms with van der Waals surface area (Å²) in [6.45, 7) is 9.60. The summed E-state index contributed by atoms with van der Waals surface area (Å²) in [7, 11) is -4.68. The van der Waals surface area contributed by atoms with E-state index in [1.807, 2.05) is 53.4 Å². The fraction of sp³-hybridized carbons (Fsp3) is 0.340. The number of nitro groups is 1. The van der Waals surface area contributed by atoms with Gasteiger partial charge in [0.2, 0.25) is 5.88 Å². The Morgan fingerprint density at radius 2 is 1.81 bits per heavy atom. The van der Waals surface area contributed by atoms with Gasteiger partial charge in [-0.05, 0) is 96.8 Å². The molecule has 0 saturated carbocycles. The normalized spacial score (nSPS) is 18.4. The van der Waals surface area contributed by atoms with Gasteiger partial charge < -0.3 is 29.6 Å². The van der Waals surface area contributed by atoms with E-state index in [-0.39, 0.29) is 35.1 Å². The van der Waals surface area contributed by atoms with E-state index in [1.54, 1.807) is 24.5 Å². The Kier molecular flexibility index (Phi) is 12.2. The molecule has 1 saturated heterocycles. The number of piperazine rings is 1. The third kappa shape index (κ3) is 9.42. The maximum Gasteiger partial charge on any atom is 0.297 e. The van der Waals surface area contributed by atoms with Crippen LogP contribution in [0.4, 0.5) is 28.4 Å². The van der Waals surface area contributed by atoms with E-state index in [4.69, 9.17) is 26.1 Å².